The highest BCUT2D eigenvalue weighted by Crippen LogP contribution is 2.18. The lowest BCUT2D eigenvalue weighted by molar-refractivity contribution is -0.140. The monoisotopic (exact) mass is 508 g/mol. The number of methoxy groups -OCH3 is 1. The second-order valence-electron chi connectivity index (χ2n) is 9.71. The van der Waals surface area contributed by atoms with Gasteiger partial charge in [-0.05, 0) is 37.3 Å². The Morgan fingerprint density at radius 1 is 1.22 bits per heavy atom. The number of benzene rings is 1. The number of hydrogen-bond donors (Lipinski definition) is 2. The van der Waals surface area contributed by atoms with Crippen molar-refractivity contribution in [2.45, 2.75) is 64.4 Å². The number of aliphatic hydroxyl groups excluding tert-OH is 2. The molecule has 0 aromatic heterocycles. The first-order valence-corrected chi connectivity index (χ1v) is 12.6. The summed E-state index contributed by atoms with van der Waals surface area (Å²) in [7, 11) is 1.41. The van der Waals surface area contributed by atoms with Crippen molar-refractivity contribution in [1.82, 2.24) is 9.80 Å². The molecule has 0 radical (unpaired) electrons. The van der Waals surface area contributed by atoms with Gasteiger partial charge in [0.1, 0.15) is 24.1 Å². The highest BCUT2D eigenvalue weighted by Gasteiger charge is 2.32. The second-order valence-corrected chi connectivity index (χ2v) is 9.71. The van der Waals surface area contributed by atoms with Crippen molar-refractivity contribution < 1.29 is 33.7 Å². The van der Waals surface area contributed by atoms with E-state index in [1.807, 2.05) is 13.8 Å². The summed E-state index contributed by atoms with van der Waals surface area (Å²) in [5.74, 6) is -0.667. The Balaban J connectivity index is 2.37. The van der Waals surface area contributed by atoms with Gasteiger partial charge in [-0.15, -0.1) is 0 Å². The number of carbonyl (C=O) groups excluding carboxylic acids is 2. The van der Waals surface area contributed by atoms with Gasteiger partial charge in [0, 0.05) is 58.0 Å². The van der Waals surface area contributed by atoms with Gasteiger partial charge < -0.3 is 29.5 Å². The minimum absolute atomic E-state index is 0.0474. The summed E-state index contributed by atoms with van der Waals surface area (Å²) >= 11 is 0. The van der Waals surface area contributed by atoms with Gasteiger partial charge >= 0.3 is 0 Å². The van der Waals surface area contributed by atoms with Crippen LogP contribution in [0.15, 0.2) is 30.3 Å². The normalized spacial score (nSPS) is 25.2. The summed E-state index contributed by atoms with van der Waals surface area (Å²) in [5, 5.41) is 20.9. The minimum Gasteiger partial charge on any atom is -0.388 e. The molecule has 1 aliphatic rings. The van der Waals surface area contributed by atoms with Crippen LogP contribution in [-0.2, 0) is 19.1 Å². The van der Waals surface area contributed by atoms with E-state index >= 15 is 0 Å². The summed E-state index contributed by atoms with van der Waals surface area (Å²) in [6, 6.07) is 5.94. The molecule has 9 heteroatoms. The maximum absolute atomic E-state index is 14.1. The Kier molecular flexibility index (Phi) is 12.5. The van der Waals surface area contributed by atoms with E-state index in [9.17, 15) is 24.2 Å². The Bertz CT molecular complexity index is 864. The lowest BCUT2D eigenvalue weighted by atomic mass is 10.00. The Hall–Kier alpha value is -2.33. The maximum Gasteiger partial charge on any atom is 0.246 e. The average Bonchev–Trinajstić information content (AvgIpc) is 2.83. The molecule has 4 atom stereocenters. The van der Waals surface area contributed by atoms with Gasteiger partial charge in [0.2, 0.25) is 11.8 Å². The van der Waals surface area contributed by atoms with Gasteiger partial charge in [0.05, 0.1) is 6.61 Å². The van der Waals surface area contributed by atoms with Crippen LogP contribution >= 0.6 is 0 Å². The third-order valence-electron chi connectivity index (χ3n) is 6.36. The molecule has 0 bridgehead atoms. The van der Waals surface area contributed by atoms with Crippen molar-refractivity contribution in [3.8, 4) is 0 Å². The summed E-state index contributed by atoms with van der Waals surface area (Å²) < 4.78 is 25.0. The van der Waals surface area contributed by atoms with Crippen LogP contribution in [0.4, 0.5) is 4.39 Å². The van der Waals surface area contributed by atoms with Gasteiger partial charge in [0.25, 0.3) is 0 Å². The zero-order valence-electron chi connectivity index (χ0n) is 21.8. The van der Waals surface area contributed by atoms with Crippen LogP contribution in [0.2, 0.25) is 0 Å². The minimum atomic E-state index is -1.25. The summed E-state index contributed by atoms with van der Waals surface area (Å²) in [5.41, 5.74) is 0.322. The quantitative estimate of drug-likeness (QED) is 0.593. The van der Waals surface area contributed by atoms with Gasteiger partial charge in [-0.1, -0.05) is 32.0 Å². The topological polar surface area (TPSA) is 99.5 Å². The van der Waals surface area contributed by atoms with E-state index in [0.717, 1.165) is 0 Å². The number of aliphatic hydroxyl groups is 2. The third kappa shape index (κ3) is 9.28. The third-order valence-corrected chi connectivity index (χ3v) is 6.36. The molecule has 2 rings (SSSR count). The molecule has 1 heterocycles. The Labute approximate surface area is 213 Å². The molecule has 2 amide bonds. The molecule has 0 aliphatic carbocycles. The van der Waals surface area contributed by atoms with Crippen molar-refractivity contribution >= 4 is 17.9 Å². The molecular weight excluding hydrogens is 467 g/mol. The van der Waals surface area contributed by atoms with Crippen molar-refractivity contribution in [2.24, 2.45) is 5.92 Å². The van der Waals surface area contributed by atoms with Crippen molar-refractivity contribution in [3.63, 3.8) is 0 Å². The van der Waals surface area contributed by atoms with Gasteiger partial charge in [0.15, 0.2) is 0 Å². The van der Waals surface area contributed by atoms with E-state index in [4.69, 9.17) is 9.47 Å². The van der Waals surface area contributed by atoms with Gasteiger partial charge in [-0.2, -0.15) is 0 Å². The predicted molar refractivity (Wildman–Crippen MR) is 136 cm³/mol. The van der Waals surface area contributed by atoms with E-state index < -0.39 is 24.1 Å². The average molecular weight is 509 g/mol. The molecule has 0 spiro atoms. The SMILES string of the molecule is CO[C@@H]1CN(C(C)=O)CC(CC(C)C)N(C(=O)/C=C/c2ccccc2F)CCCCOC[C@@H](O)[C@H]1O. The number of ether oxygens (including phenoxy) is 2. The smallest absolute Gasteiger partial charge is 0.246 e. The molecule has 1 unspecified atom stereocenters. The molecule has 8 nitrogen and oxygen atoms in total. The zero-order valence-corrected chi connectivity index (χ0v) is 21.8. The lowest BCUT2D eigenvalue weighted by Gasteiger charge is -2.38. The fourth-order valence-electron chi connectivity index (χ4n) is 4.35. The van der Waals surface area contributed by atoms with E-state index in [1.54, 1.807) is 28.0 Å². The molecule has 2 N–H and O–H groups in total. The van der Waals surface area contributed by atoms with Crippen LogP contribution in [0, 0.1) is 11.7 Å². The van der Waals surface area contributed by atoms with E-state index in [1.165, 1.54) is 32.3 Å². The number of carbonyl (C=O) groups is 2. The lowest BCUT2D eigenvalue weighted by Crippen LogP contribution is -2.53. The fraction of sp³-hybridized carbons (Fsp3) is 0.630. The van der Waals surface area contributed by atoms with Crippen LogP contribution in [-0.4, -0.2) is 96.1 Å². The van der Waals surface area contributed by atoms with Crippen molar-refractivity contribution in [2.75, 3.05) is 40.0 Å². The molecule has 1 aromatic rings. The first-order chi connectivity index (χ1) is 17.1. The standard InChI is InChI=1S/C27H41FN2O6/c1-19(2)15-22-16-29(20(3)31)17-25(35-4)27(34)24(32)18-36-14-8-7-13-30(22)26(33)12-11-21-9-5-6-10-23(21)28/h5-6,9-12,19,22,24-25,27,32,34H,7-8,13-18H2,1-4H3/b12-11+/t22?,24-,25-,27-/m1/s1. The highest BCUT2D eigenvalue weighted by atomic mass is 19.1. The van der Waals surface area contributed by atoms with Crippen molar-refractivity contribution in [1.29, 1.82) is 0 Å². The first-order valence-electron chi connectivity index (χ1n) is 12.6. The molecule has 1 aliphatic heterocycles. The molecular formula is C27H41FN2O6. The zero-order chi connectivity index (χ0) is 26.7. The van der Waals surface area contributed by atoms with Crippen LogP contribution in [0.5, 0.6) is 0 Å². The molecule has 202 valence electrons. The molecule has 1 aromatic carbocycles. The predicted octanol–water partition coefficient (Wildman–Crippen LogP) is 2.48. The number of amides is 2. The van der Waals surface area contributed by atoms with Crippen LogP contribution in [0.3, 0.4) is 0 Å². The van der Waals surface area contributed by atoms with Crippen LogP contribution < -0.4 is 0 Å². The summed E-state index contributed by atoms with van der Waals surface area (Å²) in [6.45, 7) is 6.55. The van der Waals surface area contributed by atoms with Crippen LogP contribution in [0.1, 0.15) is 45.6 Å². The number of hydrogen-bond acceptors (Lipinski definition) is 6. The second kappa shape index (κ2) is 15.0. The molecule has 36 heavy (non-hydrogen) atoms. The van der Waals surface area contributed by atoms with E-state index in [-0.39, 0.29) is 43.5 Å². The molecule has 1 fully saturated rings. The van der Waals surface area contributed by atoms with E-state index in [0.29, 0.717) is 38.0 Å². The number of halogens is 1. The maximum atomic E-state index is 14.1. The Morgan fingerprint density at radius 2 is 1.94 bits per heavy atom. The van der Waals surface area contributed by atoms with Gasteiger partial charge in [-0.3, -0.25) is 9.59 Å². The number of rotatable bonds is 5. The first kappa shape index (κ1) is 29.9. The molecule has 1 saturated heterocycles. The Morgan fingerprint density at radius 3 is 2.58 bits per heavy atom. The van der Waals surface area contributed by atoms with Crippen LogP contribution in [0.25, 0.3) is 6.08 Å². The van der Waals surface area contributed by atoms with Crippen molar-refractivity contribution in [3.05, 3.63) is 41.7 Å². The largest absolute Gasteiger partial charge is 0.388 e. The summed E-state index contributed by atoms with van der Waals surface area (Å²) in [4.78, 5) is 29.3. The molecule has 0 saturated carbocycles. The fourth-order valence-corrected chi connectivity index (χ4v) is 4.35. The highest BCUT2D eigenvalue weighted by molar-refractivity contribution is 5.92. The van der Waals surface area contributed by atoms with E-state index in [2.05, 4.69) is 0 Å². The van der Waals surface area contributed by atoms with Gasteiger partial charge in [-0.25, -0.2) is 4.39 Å². The summed E-state index contributed by atoms with van der Waals surface area (Å²) in [6.07, 6.45) is 1.55. The number of nitrogens with zero attached hydrogens (tertiary/aromatic N) is 2.